The van der Waals surface area contributed by atoms with Crippen molar-refractivity contribution in [3.8, 4) is 0 Å². The predicted octanol–water partition coefficient (Wildman–Crippen LogP) is 4.63. The van der Waals surface area contributed by atoms with E-state index in [1.807, 2.05) is 17.8 Å². The number of hydrogen-bond acceptors (Lipinski definition) is 6. The summed E-state index contributed by atoms with van der Waals surface area (Å²) in [5, 5.41) is 13.2. The summed E-state index contributed by atoms with van der Waals surface area (Å²) in [5.41, 5.74) is 0.536. The fraction of sp³-hybridized carbons (Fsp3) is 0.487. The second-order valence-corrected chi connectivity index (χ2v) is 16.7. The topological polar surface area (TPSA) is 67.6 Å². The zero-order chi connectivity index (χ0) is 33.0. The predicted molar refractivity (Wildman–Crippen MR) is 192 cm³/mol. The van der Waals surface area contributed by atoms with Crippen LogP contribution in [-0.2, 0) is 32.4 Å². The smallest absolute Gasteiger partial charge is 0.203 e. The van der Waals surface area contributed by atoms with E-state index in [4.69, 9.17) is 19.2 Å². The van der Waals surface area contributed by atoms with E-state index in [1.54, 1.807) is 7.11 Å². The molecule has 9 heteroatoms. The Balaban J connectivity index is 0.00000520. The number of halogens is 1. The van der Waals surface area contributed by atoms with Crippen molar-refractivity contribution in [2.24, 2.45) is 5.92 Å². The molecule has 0 N–H and O–H groups in total. The number of ether oxygens (including phenoxy) is 2. The lowest BCUT2D eigenvalue weighted by atomic mass is 9.79. The van der Waals surface area contributed by atoms with E-state index >= 15 is 0 Å². The van der Waals surface area contributed by atoms with Crippen molar-refractivity contribution in [2.75, 3.05) is 19.9 Å². The summed E-state index contributed by atoms with van der Waals surface area (Å²) < 4.78 is 14.1. The molecule has 0 aliphatic carbocycles. The van der Waals surface area contributed by atoms with Crippen LogP contribution >= 0.6 is 7.26 Å². The number of rotatable bonds is 18. The Morgan fingerprint density at radius 2 is 1.35 bits per heavy atom. The van der Waals surface area contributed by atoms with Crippen LogP contribution in [0.1, 0.15) is 77.8 Å². The summed E-state index contributed by atoms with van der Waals surface area (Å²) in [4.78, 5) is 12.1. The highest BCUT2D eigenvalue weighted by Crippen LogP contribution is 2.55. The molecule has 3 aromatic carbocycles. The number of aryl methyl sites for hydroxylation is 1. The van der Waals surface area contributed by atoms with Crippen LogP contribution in [0.3, 0.4) is 0 Å². The minimum absolute atomic E-state index is 0. The fourth-order valence-corrected chi connectivity index (χ4v) is 11.2. The van der Waals surface area contributed by atoms with Gasteiger partial charge in [-0.2, -0.15) is 0 Å². The SMILES string of the molecule is CCCCC1(CCCC)C[C@@H](COCc2cn(CCC[P+](c3ccccc3)(c3ccccc3)c3ccccc3)nn2)[C@](C)(OC)OO1.[Br-]. The van der Waals surface area contributed by atoms with Crippen LogP contribution < -0.4 is 32.9 Å². The van der Waals surface area contributed by atoms with Gasteiger partial charge in [0.1, 0.15) is 34.5 Å². The van der Waals surface area contributed by atoms with Gasteiger partial charge in [-0.05, 0) is 62.6 Å². The molecule has 48 heavy (non-hydrogen) atoms. The molecule has 0 spiro atoms. The van der Waals surface area contributed by atoms with Gasteiger partial charge in [-0.1, -0.05) is 99.3 Å². The number of benzene rings is 3. The van der Waals surface area contributed by atoms with Crippen LogP contribution in [0.25, 0.3) is 0 Å². The van der Waals surface area contributed by atoms with E-state index in [0.29, 0.717) is 13.2 Å². The van der Waals surface area contributed by atoms with Crippen molar-refractivity contribution in [1.82, 2.24) is 15.0 Å². The Morgan fingerprint density at radius 1 is 0.812 bits per heavy atom. The highest BCUT2D eigenvalue weighted by molar-refractivity contribution is 7.95. The standard InChI is InChI=1S/C39H53N3O4P.BrH/c1-5-7-25-39(26-8-6-2)29-33(38(3,43-4)45-46-39)31-44-32-34-30-42(41-40-34)27-18-28-47(35-19-12-9-13-20-35,36-21-14-10-15-22-36)37-23-16-11-17-24-37;/h9-17,19-24,30,33H,5-8,18,25-29,31-32H2,1-4H3;1H/q+1;/p-1/t33-,38+;/m0./s1. The molecule has 0 unspecified atom stereocenters. The first kappa shape index (κ1) is 38.4. The number of aromatic nitrogens is 3. The molecule has 2 atom stereocenters. The summed E-state index contributed by atoms with van der Waals surface area (Å²) in [6.45, 7) is 8.07. The first-order chi connectivity index (χ1) is 23.0. The van der Waals surface area contributed by atoms with Crippen LogP contribution in [0.2, 0.25) is 0 Å². The summed E-state index contributed by atoms with van der Waals surface area (Å²) in [5.74, 6) is -0.818. The van der Waals surface area contributed by atoms with Gasteiger partial charge in [-0.15, -0.1) is 5.10 Å². The van der Waals surface area contributed by atoms with Gasteiger partial charge >= 0.3 is 0 Å². The number of nitrogens with zero attached hydrogens (tertiary/aromatic N) is 3. The average molecular weight is 739 g/mol. The van der Waals surface area contributed by atoms with Gasteiger partial charge in [-0.25, -0.2) is 9.78 Å². The third-order valence-electron chi connectivity index (χ3n) is 9.75. The second-order valence-electron chi connectivity index (χ2n) is 13.1. The second kappa shape index (κ2) is 18.5. The maximum absolute atomic E-state index is 6.28. The first-order valence-electron chi connectivity index (χ1n) is 17.4. The van der Waals surface area contributed by atoms with Crippen molar-refractivity contribution in [1.29, 1.82) is 0 Å². The van der Waals surface area contributed by atoms with Gasteiger partial charge in [0.2, 0.25) is 5.79 Å². The molecule has 0 bridgehead atoms. The summed E-state index contributed by atoms with van der Waals surface area (Å²) in [6, 6.07) is 33.1. The fourth-order valence-electron chi connectivity index (χ4n) is 6.90. The molecule has 5 rings (SSSR count). The van der Waals surface area contributed by atoms with E-state index in [0.717, 1.165) is 69.8 Å². The lowest BCUT2D eigenvalue weighted by Gasteiger charge is -2.47. The summed E-state index contributed by atoms with van der Waals surface area (Å²) in [7, 11) is -0.200. The molecular weight excluding hydrogens is 685 g/mol. The Bertz CT molecular complexity index is 1370. The molecular formula is C39H53BrN3O4P. The van der Waals surface area contributed by atoms with Gasteiger partial charge in [0.05, 0.1) is 25.6 Å². The number of unbranched alkanes of at least 4 members (excludes halogenated alkanes) is 2. The van der Waals surface area contributed by atoms with Gasteiger partial charge in [0.15, 0.2) is 0 Å². The van der Waals surface area contributed by atoms with Crippen molar-refractivity contribution in [3.63, 3.8) is 0 Å². The van der Waals surface area contributed by atoms with Gasteiger partial charge in [-0.3, -0.25) is 4.68 Å². The van der Waals surface area contributed by atoms with Crippen LogP contribution in [0.15, 0.2) is 97.2 Å². The van der Waals surface area contributed by atoms with Crippen LogP contribution in [0.5, 0.6) is 0 Å². The van der Waals surface area contributed by atoms with Crippen LogP contribution in [0.4, 0.5) is 0 Å². The minimum Gasteiger partial charge on any atom is -1.00 e. The third-order valence-corrected chi connectivity index (χ3v) is 14.3. The Hall–Kier alpha value is -2.45. The highest BCUT2D eigenvalue weighted by atomic mass is 79.9. The monoisotopic (exact) mass is 737 g/mol. The Kier molecular flexibility index (Phi) is 14.8. The van der Waals surface area contributed by atoms with Gasteiger partial charge < -0.3 is 26.5 Å². The quantitative estimate of drug-likeness (QED) is 0.110. The zero-order valence-corrected chi connectivity index (χ0v) is 31.6. The molecule has 2 heterocycles. The molecule has 1 aliphatic heterocycles. The first-order valence-corrected chi connectivity index (χ1v) is 19.4. The van der Waals surface area contributed by atoms with Crippen LogP contribution in [0, 0.1) is 5.92 Å². The summed E-state index contributed by atoms with van der Waals surface area (Å²) >= 11 is 0. The Morgan fingerprint density at radius 3 is 1.85 bits per heavy atom. The average Bonchev–Trinajstić information content (AvgIpc) is 3.58. The molecule has 7 nitrogen and oxygen atoms in total. The van der Waals surface area contributed by atoms with E-state index in [-0.39, 0.29) is 28.5 Å². The van der Waals surface area contributed by atoms with Crippen molar-refractivity contribution < 1.29 is 36.2 Å². The van der Waals surface area contributed by atoms with Gasteiger partial charge in [0, 0.05) is 26.0 Å². The van der Waals surface area contributed by atoms with E-state index < -0.39 is 13.0 Å². The molecule has 1 aromatic heterocycles. The Labute approximate surface area is 298 Å². The molecule has 4 aromatic rings. The van der Waals surface area contributed by atoms with Gasteiger partial charge in [0.25, 0.3) is 0 Å². The highest BCUT2D eigenvalue weighted by Gasteiger charge is 2.50. The summed E-state index contributed by atoms with van der Waals surface area (Å²) in [6.07, 6.45) is 11.3. The maximum atomic E-state index is 6.28. The lowest BCUT2D eigenvalue weighted by Crippen LogP contribution is -3.00. The molecule has 260 valence electrons. The van der Waals surface area contributed by atoms with E-state index in [9.17, 15) is 0 Å². The molecule has 0 radical (unpaired) electrons. The number of hydrogen-bond donors (Lipinski definition) is 0. The molecule has 0 amide bonds. The van der Waals surface area contributed by atoms with Crippen molar-refractivity contribution in [2.45, 2.75) is 96.7 Å². The molecule has 1 fully saturated rings. The van der Waals surface area contributed by atoms with Crippen molar-refractivity contribution >= 4 is 23.2 Å². The van der Waals surface area contributed by atoms with Crippen LogP contribution in [-0.4, -0.2) is 46.3 Å². The maximum Gasteiger partial charge on any atom is 0.203 e. The minimum atomic E-state index is -1.88. The van der Waals surface area contributed by atoms with Crippen molar-refractivity contribution in [3.05, 3.63) is 103 Å². The molecule has 1 aliphatic rings. The molecule has 1 saturated heterocycles. The lowest BCUT2D eigenvalue weighted by molar-refractivity contribution is -0.502. The normalized spacial score (nSPS) is 19.1. The van der Waals surface area contributed by atoms with E-state index in [1.165, 1.54) is 15.9 Å². The zero-order valence-electron chi connectivity index (χ0n) is 29.1. The molecule has 0 saturated carbocycles. The number of methoxy groups -OCH3 is 1. The van der Waals surface area contributed by atoms with E-state index in [2.05, 4.69) is 115 Å². The third kappa shape index (κ3) is 9.21. The largest absolute Gasteiger partial charge is 1.00 e.